The predicted octanol–water partition coefficient (Wildman–Crippen LogP) is 3.33. The Morgan fingerprint density at radius 1 is 1.26 bits per heavy atom. The molecule has 3 N–H and O–H groups in total. The monoisotopic (exact) mass is 465 g/mol. The van der Waals surface area contributed by atoms with Gasteiger partial charge < -0.3 is 20.4 Å². The Kier molecular flexibility index (Phi) is 7.71. The summed E-state index contributed by atoms with van der Waals surface area (Å²) in [5.74, 6) is -0.101. The van der Waals surface area contributed by atoms with Crippen molar-refractivity contribution in [2.75, 3.05) is 18.2 Å². The Labute approximate surface area is 189 Å². The standard InChI is InChI=1S/C20H27N5O4S2/c1-4-25-17(12-8-6-5-7-9-12)23-24-20(25)30-10-13(26)22-18-14(19(28)29-3)11(2)15(31-18)16(21)27/h12H,4-10H2,1-3H3,(H2,21,27)(H,22,26). The number of nitrogens with two attached hydrogens (primary N) is 1. The number of carbonyl (C=O) groups excluding carboxylic acids is 3. The van der Waals surface area contributed by atoms with E-state index in [0.29, 0.717) is 16.6 Å². The van der Waals surface area contributed by atoms with Gasteiger partial charge in [0.05, 0.1) is 23.3 Å². The first-order valence-corrected chi connectivity index (χ1v) is 12.0. The summed E-state index contributed by atoms with van der Waals surface area (Å²) in [7, 11) is 1.24. The summed E-state index contributed by atoms with van der Waals surface area (Å²) in [4.78, 5) is 36.6. The maximum atomic E-state index is 12.6. The lowest BCUT2D eigenvalue weighted by Gasteiger charge is -2.21. The van der Waals surface area contributed by atoms with E-state index in [9.17, 15) is 14.4 Å². The molecule has 1 fully saturated rings. The molecule has 2 aromatic heterocycles. The van der Waals surface area contributed by atoms with E-state index in [-0.39, 0.29) is 27.1 Å². The zero-order valence-corrected chi connectivity index (χ0v) is 19.5. The number of nitrogens with zero attached hydrogens (tertiary/aromatic N) is 3. The Morgan fingerprint density at radius 2 is 1.97 bits per heavy atom. The van der Waals surface area contributed by atoms with Crippen LogP contribution in [-0.4, -0.2) is 45.4 Å². The lowest BCUT2D eigenvalue weighted by atomic mass is 9.89. The molecule has 0 atom stereocenters. The number of hydrogen-bond acceptors (Lipinski definition) is 8. The van der Waals surface area contributed by atoms with E-state index in [0.717, 1.165) is 36.5 Å². The molecule has 0 aromatic carbocycles. The molecule has 0 saturated heterocycles. The van der Waals surface area contributed by atoms with Crippen LogP contribution in [0.5, 0.6) is 0 Å². The van der Waals surface area contributed by atoms with Crippen LogP contribution in [0.4, 0.5) is 5.00 Å². The Bertz CT molecular complexity index is 979. The molecule has 1 saturated carbocycles. The van der Waals surface area contributed by atoms with Crippen LogP contribution < -0.4 is 11.1 Å². The molecular formula is C20H27N5O4S2. The Balaban J connectivity index is 1.71. The fraction of sp³-hybridized carbons (Fsp3) is 0.550. The highest BCUT2D eigenvalue weighted by molar-refractivity contribution is 7.99. The third kappa shape index (κ3) is 5.09. The van der Waals surface area contributed by atoms with E-state index >= 15 is 0 Å². The molecular weight excluding hydrogens is 438 g/mol. The summed E-state index contributed by atoms with van der Waals surface area (Å²) in [6, 6.07) is 0. The molecule has 1 aliphatic carbocycles. The van der Waals surface area contributed by atoms with Gasteiger partial charge in [0, 0.05) is 12.5 Å². The van der Waals surface area contributed by atoms with Crippen LogP contribution in [0.15, 0.2) is 5.16 Å². The second kappa shape index (κ2) is 10.3. The van der Waals surface area contributed by atoms with Gasteiger partial charge in [-0.15, -0.1) is 21.5 Å². The maximum Gasteiger partial charge on any atom is 0.341 e. The number of thiophene rings is 1. The maximum absolute atomic E-state index is 12.6. The fourth-order valence-corrected chi connectivity index (χ4v) is 5.72. The van der Waals surface area contributed by atoms with Crippen LogP contribution in [0.3, 0.4) is 0 Å². The zero-order valence-electron chi connectivity index (χ0n) is 17.9. The van der Waals surface area contributed by atoms with Gasteiger partial charge in [-0.25, -0.2) is 4.79 Å². The average molecular weight is 466 g/mol. The molecule has 0 bridgehead atoms. The van der Waals surface area contributed by atoms with Gasteiger partial charge in [-0.3, -0.25) is 9.59 Å². The highest BCUT2D eigenvalue weighted by atomic mass is 32.2. The minimum Gasteiger partial charge on any atom is -0.465 e. The highest BCUT2D eigenvalue weighted by Gasteiger charge is 2.26. The van der Waals surface area contributed by atoms with Crippen LogP contribution in [-0.2, 0) is 16.1 Å². The first-order chi connectivity index (χ1) is 14.9. The third-order valence-corrected chi connectivity index (χ3v) is 7.57. The van der Waals surface area contributed by atoms with Gasteiger partial charge in [0.25, 0.3) is 5.91 Å². The molecule has 2 heterocycles. The summed E-state index contributed by atoms with van der Waals surface area (Å²) in [5.41, 5.74) is 5.93. The highest BCUT2D eigenvalue weighted by Crippen LogP contribution is 2.35. The smallest absolute Gasteiger partial charge is 0.341 e. The summed E-state index contributed by atoms with van der Waals surface area (Å²) >= 11 is 2.26. The van der Waals surface area contributed by atoms with Crippen molar-refractivity contribution in [3.63, 3.8) is 0 Å². The number of methoxy groups -OCH3 is 1. The Morgan fingerprint density at radius 3 is 2.58 bits per heavy atom. The number of anilines is 1. The van der Waals surface area contributed by atoms with Crippen molar-refractivity contribution in [2.24, 2.45) is 5.73 Å². The van der Waals surface area contributed by atoms with E-state index in [4.69, 9.17) is 10.5 Å². The quantitative estimate of drug-likeness (QED) is 0.452. The molecule has 0 spiro atoms. The molecule has 2 amide bonds. The van der Waals surface area contributed by atoms with E-state index in [1.54, 1.807) is 6.92 Å². The normalized spacial score (nSPS) is 14.4. The van der Waals surface area contributed by atoms with Gasteiger partial charge in [-0.1, -0.05) is 31.0 Å². The first-order valence-electron chi connectivity index (χ1n) is 10.2. The predicted molar refractivity (Wildman–Crippen MR) is 120 cm³/mol. The van der Waals surface area contributed by atoms with Gasteiger partial charge in [0.15, 0.2) is 5.16 Å². The van der Waals surface area contributed by atoms with Crippen LogP contribution in [0.1, 0.15) is 76.4 Å². The topological polar surface area (TPSA) is 129 Å². The van der Waals surface area contributed by atoms with E-state index in [1.165, 1.54) is 38.1 Å². The largest absolute Gasteiger partial charge is 0.465 e. The molecule has 9 nitrogen and oxygen atoms in total. The van der Waals surface area contributed by atoms with Crippen molar-refractivity contribution in [1.82, 2.24) is 14.8 Å². The number of thioether (sulfide) groups is 1. The summed E-state index contributed by atoms with van der Waals surface area (Å²) < 4.78 is 6.87. The van der Waals surface area contributed by atoms with Crippen LogP contribution in [0.25, 0.3) is 0 Å². The van der Waals surface area contributed by atoms with Gasteiger partial charge >= 0.3 is 5.97 Å². The zero-order chi connectivity index (χ0) is 22.5. The van der Waals surface area contributed by atoms with Crippen molar-refractivity contribution < 1.29 is 19.1 Å². The van der Waals surface area contributed by atoms with Gasteiger partial charge in [-0.2, -0.15) is 0 Å². The number of rotatable bonds is 8. The van der Waals surface area contributed by atoms with Crippen molar-refractivity contribution in [1.29, 1.82) is 0 Å². The number of hydrogen-bond donors (Lipinski definition) is 2. The van der Waals surface area contributed by atoms with E-state index in [2.05, 4.69) is 20.1 Å². The summed E-state index contributed by atoms with van der Waals surface area (Å²) in [5, 5.41) is 12.4. The second-order valence-electron chi connectivity index (χ2n) is 7.37. The second-order valence-corrected chi connectivity index (χ2v) is 9.34. The molecule has 168 valence electrons. The molecule has 0 aliphatic heterocycles. The van der Waals surface area contributed by atoms with E-state index < -0.39 is 11.9 Å². The van der Waals surface area contributed by atoms with Crippen molar-refractivity contribution >= 4 is 45.9 Å². The molecule has 0 radical (unpaired) electrons. The number of amides is 2. The van der Waals surface area contributed by atoms with Crippen molar-refractivity contribution in [2.45, 2.75) is 63.6 Å². The molecule has 3 rings (SSSR count). The average Bonchev–Trinajstić information content (AvgIpc) is 3.32. The van der Waals surface area contributed by atoms with E-state index in [1.807, 2.05) is 6.92 Å². The minimum absolute atomic E-state index is 0.0895. The Hall–Kier alpha value is -2.40. The number of esters is 1. The molecule has 31 heavy (non-hydrogen) atoms. The summed E-state index contributed by atoms with van der Waals surface area (Å²) in [6.45, 7) is 4.38. The third-order valence-electron chi connectivity index (χ3n) is 5.38. The van der Waals surface area contributed by atoms with Crippen molar-refractivity contribution in [3.05, 3.63) is 21.8 Å². The molecule has 0 unspecified atom stereocenters. The number of primary amides is 1. The van der Waals surface area contributed by atoms with Crippen molar-refractivity contribution in [3.8, 4) is 0 Å². The van der Waals surface area contributed by atoms with Gasteiger partial charge in [0.1, 0.15) is 10.8 Å². The number of aromatic nitrogens is 3. The lowest BCUT2D eigenvalue weighted by Crippen LogP contribution is -2.17. The van der Waals surface area contributed by atoms with Crippen LogP contribution in [0, 0.1) is 6.92 Å². The molecule has 1 aliphatic rings. The van der Waals surface area contributed by atoms with Gasteiger partial charge in [0.2, 0.25) is 5.91 Å². The number of ether oxygens (including phenoxy) is 1. The summed E-state index contributed by atoms with van der Waals surface area (Å²) in [6.07, 6.45) is 5.94. The minimum atomic E-state index is -0.659. The van der Waals surface area contributed by atoms with Gasteiger partial charge in [-0.05, 0) is 32.3 Å². The molecule has 2 aromatic rings. The fourth-order valence-electron chi connectivity index (χ4n) is 3.84. The molecule has 11 heteroatoms. The first kappa shape index (κ1) is 23.3. The SMILES string of the molecule is CCn1c(SCC(=O)Nc2sc(C(N)=O)c(C)c2C(=O)OC)nnc1C1CCCCC1. The van der Waals surface area contributed by atoms with Crippen LogP contribution in [0.2, 0.25) is 0 Å². The van der Waals surface area contributed by atoms with Crippen LogP contribution >= 0.6 is 23.1 Å². The lowest BCUT2D eigenvalue weighted by molar-refractivity contribution is -0.113. The number of carbonyl (C=O) groups is 3. The number of nitrogens with one attached hydrogen (secondary N) is 1.